The van der Waals surface area contributed by atoms with Gasteiger partial charge in [-0.3, -0.25) is 14.4 Å². The molecule has 4 N–H and O–H groups in total. The quantitative estimate of drug-likeness (QED) is 0.344. The van der Waals surface area contributed by atoms with E-state index in [1.54, 1.807) is 18.2 Å². The monoisotopic (exact) mass is 424 g/mol. The van der Waals surface area contributed by atoms with E-state index in [-0.39, 0.29) is 41.5 Å². The molecule has 3 heterocycles. The van der Waals surface area contributed by atoms with Crippen molar-refractivity contribution in [3.05, 3.63) is 42.0 Å². The topological polar surface area (TPSA) is 164 Å². The minimum absolute atomic E-state index is 0.0367. The van der Waals surface area contributed by atoms with Crippen molar-refractivity contribution in [3.8, 4) is 5.75 Å². The molecular weight excluding hydrogens is 408 g/mol. The molecule has 0 aliphatic carbocycles. The number of nitrogens with zero attached hydrogens (tertiary/aromatic N) is 2. The predicted octanol–water partition coefficient (Wildman–Crippen LogP) is 0.330. The first-order valence-electron chi connectivity index (χ1n) is 9.01. The lowest BCUT2D eigenvalue weighted by Gasteiger charge is -2.18. The summed E-state index contributed by atoms with van der Waals surface area (Å²) < 4.78 is 9.67. The van der Waals surface area contributed by atoms with E-state index in [0.29, 0.717) is 11.4 Å². The van der Waals surface area contributed by atoms with Gasteiger partial charge in [0.1, 0.15) is 17.6 Å². The zero-order valence-electron chi connectivity index (χ0n) is 16.1. The number of hydrogen-bond acceptors (Lipinski definition) is 8. The molecule has 0 radical (unpaired) electrons. The summed E-state index contributed by atoms with van der Waals surface area (Å²) in [7, 11) is 1.09. The van der Waals surface area contributed by atoms with Gasteiger partial charge >= 0.3 is 11.9 Å². The van der Waals surface area contributed by atoms with Crippen LogP contribution in [0.5, 0.6) is 5.75 Å². The third-order valence-corrected chi connectivity index (χ3v) is 4.43. The van der Waals surface area contributed by atoms with Gasteiger partial charge in [0.15, 0.2) is 12.3 Å². The maximum atomic E-state index is 12.7. The van der Waals surface area contributed by atoms with Gasteiger partial charge in [-0.05, 0) is 17.7 Å². The minimum atomic E-state index is -1.06. The lowest BCUT2D eigenvalue weighted by atomic mass is 10.1. The Morgan fingerprint density at radius 2 is 2.10 bits per heavy atom. The van der Waals surface area contributed by atoms with Gasteiger partial charge in [0.05, 0.1) is 24.0 Å². The molecule has 31 heavy (non-hydrogen) atoms. The summed E-state index contributed by atoms with van der Waals surface area (Å²) in [4.78, 5) is 58.1. The number of methoxy groups -OCH3 is 1. The molecule has 3 aromatic rings. The van der Waals surface area contributed by atoms with Crippen molar-refractivity contribution < 1.29 is 28.7 Å². The van der Waals surface area contributed by atoms with Crippen LogP contribution in [0.2, 0.25) is 0 Å². The molecule has 0 atom stereocenters. The molecule has 12 nitrogen and oxygen atoms in total. The molecule has 0 spiro atoms. The van der Waals surface area contributed by atoms with Crippen LogP contribution >= 0.6 is 0 Å². The first-order chi connectivity index (χ1) is 15.0. The van der Waals surface area contributed by atoms with E-state index in [1.165, 1.54) is 12.5 Å². The van der Waals surface area contributed by atoms with Crippen LogP contribution < -0.4 is 20.7 Å². The highest BCUT2D eigenvalue weighted by atomic mass is 16.5. The Balaban J connectivity index is 1.49. The Morgan fingerprint density at radius 3 is 2.90 bits per heavy atom. The van der Waals surface area contributed by atoms with Gasteiger partial charge in [0, 0.05) is 12.7 Å². The Bertz CT molecular complexity index is 1220. The highest BCUT2D eigenvalue weighted by Gasteiger charge is 2.20. The van der Waals surface area contributed by atoms with Gasteiger partial charge in [-0.15, -0.1) is 0 Å². The van der Waals surface area contributed by atoms with E-state index in [1.807, 2.05) is 0 Å². The van der Waals surface area contributed by atoms with Gasteiger partial charge in [-0.2, -0.15) is 0 Å². The number of carbonyl (C=O) groups excluding carboxylic acids is 4. The van der Waals surface area contributed by atoms with Crippen molar-refractivity contribution in [2.24, 2.45) is 0 Å². The first-order valence-corrected chi connectivity index (χ1v) is 9.01. The van der Waals surface area contributed by atoms with Crippen LogP contribution in [0.3, 0.4) is 0 Å². The van der Waals surface area contributed by atoms with E-state index in [4.69, 9.17) is 4.74 Å². The average Bonchev–Trinajstić information content (AvgIpc) is 3.19. The predicted molar refractivity (Wildman–Crippen MR) is 106 cm³/mol. The number of aromatic amines is 1. The number of hydrogen-bond donors (Lipinski definition) is 4. The number of amides is 3. The Morgan fingerprint density at radius 1 is 1.26 bits per heavy atom. The summed E-state index contributed by atoms with van der Waals surface area (Å²) in [6.45, 7) is 0.130. The molecule has 3 amide bonds. The third kappa shape index (κ3) is 3.99. The van der Waals surface area contributed by atoms with E-state index < -0.39 is 17.8 Å². The van der Waals surface area contributed by atoms with Gasteiger partial charge in [-0.1, -0.05) is 6.07 Å². The lowest BCUT2D eigenvalue weighted by Crippen LogP contribution is -2.26. The molecule has 0 bridgehead atoms. The molecule has 12 heteroatoms. The highest BCUT2D eigenvalue weighted by Crippen LogP contribution is 2.28. The third-order valence-electron chi connectivity index (χ3n) is 4.43. The summed E-state index contributed by atoms with van der Waals surface area (Å²) in [5, 5.41) is 7.80. The number of benzene rings is 1. The smallest absolute Gasteiger partial charge is 0.396 e. The summed E-state index contributed by atoms with van der Waals surface area (Å²) in [6.07, 6.45) is 2.56. The highest BCUT2D eigenvalue weighted by molar-refractivity contribution is 6.37. The zero-order chi connectivity index (χ0) is 22.0. The SMILES string of the molecule is COC(=O)C(=O)Nc1c[nH]c2c(C(=O)NCc3ccc4c(c3)NC(=O)CO4)ncnc12. The van der Waals surface area contributed by atoms with Crippen molar-refractivity contribution in [1.29, 1.82) is 0 Å². The van der Waals surface area contributed by atoms with E-state index in [0.717, 1.165) is 12.7 Å². The molecule has 0 fully saturated rings. The second-order valence-electron chi connectivity index (χ2n) is 6.44. The van der Waals surface area contributed by atoms with E-state index in [9.17, 15) is 19.2 Å². The second kappa shape index (κ2) is 8.10. The van der Waals surface area contributed by atoms with Crippen LogP contribution in [0.25, 0.3) is 11.0 Å². The standard InChI is InChI=1S/C19H16N6O6/c1-30-19(29)18(28)25-11-6-20-15-14(11)22-8-23-16(15)17(27)21-5-9-2-3-12-10(4-9)24-13(26)7-31-12/h2-4,6,8,20H,5,7H2,1H3,(H,21,27)(H,24,26)(H,25,28). The molecule has 1 aliphatic heterocycles. The first kappa shape index (κ1) is 19.8. The van der Waals surface area contributed by atoms with Crippen molar-refractivity contribution >= 4 is 46.1 Å². The Hall–Kier alpha value is -4.48. The van der Waals surface area contributed by atoms with Crippen molar-refractivity contribution in [3.63, 3.8) is 0 Å². The summed E-state index contributed by atoms with van der Waals surface area (Å²) >= 11 is 0. The van der Waals surface area contributed by atoms with Crippen molar-refractivity contribution in [2.45, 2.75) is 6.54 Å². The van der Waals surface area contributed by atoms with Crippen LogP contribution in [0.15, 0.2) is 30.7 Å². The maximum absolute atomic E-state index is 12.7. The second-order valence-corrected chi connectivity index (χ2v) is 6.44. The number of H-pyrrole nitrogens is 1. The van der Waals surface area contributed by atoms with Gasteiger partial charge < -0.3 is 30.4 Å². The zero-order valence-corrected chi connectivity index (χ0v) is 16.1. The lowest BCUT2D eigenvalue weighted by molar-refractivity contribution is -0.150. The fraction of sp³-hybridized carbons (Fsp3) is 0.158. The molecule has 1 aromatic carbocycles. The van der Waals surface area contributed by atoms with Crippen LogP contribution in [0.1, 0.15) is 16.1 Å². The number of fused-ring (bicyclic) bond motifs is 2. The van der Waals surface area contributed by atoms with Gasteiger partial charge in [0.25, 0.3) is 11.8 Å². The van der Waals surface area contributed by atoms with Crippen LogP contribution in [-0.4, -0.2) is 52.4 Å². The number of nitrogens with one attached hydrogen (secondary N) is 4. The minimum Gasteiger partial charge on any atom is -0.482 e. The molecule has 2 aromatic heterocycles. The fourth-order valence-corrected chi connectivity index (χ4v) is 2.98. The number of anilines is 2. The molecule has 0 saturated heterocycles. The molecule has 158 valence electrons. The molecule has 1 aliphatic rings. The van der Waals surface area contributed by atoms with Crippen LogP contribution in [0.4, 0.5) is 11.4 Å². The van der Waals surface area contributed by atoms with Gasteiger partial charge in [0.2, 0.25) is 0 Å². The van der Waals surface area contributed by atoms with E-state index in [2.05, 4.69) is 35.6 Å². The van der Waals surface area contributed by atoms with Crippen molar-refractivity contribution in [2.75, 3.05) is 24.4 Å². The molecule has 4 rings (SSSR count). The molecule has 0 unspecified atom stereocenters. The van der Waals surface area contributed by atoms with Crippen LogP contribution in [0, 0.1) is 0 Å². The van der Waals surface area contributed by atoms with Crippen LogP contribution in [-0.2, 0) is 25.7 Å². The van der Waals surface area contributed by atoms with Gasteiger partial charge in [-0.25, -0.2) is 14.8 Å². The number of esters is 1. The Labute approximate surface area is 174 Å². The summed E-state index contributed by atoms with van der Waals surface area (Å²) in [6, 6.07) is 5.18. The number of rotatable bonds is 4. The number of aromatic nitrogens is 3. The summed E-state index contributed by atoms with van der Waals surface area (Å²) in [5.41, 5.74) is 2.06. The average molecular weight is 424 g/mol. The van der Waals surface area contributed by atoms with E-state index >= 15 is 0 Å². The fourth-order valence-electron chi connectivity index (χ4n) is 2.98. The van der Waals surface area contributed by atoms with Crippen molar-refractivity contribution in [1.82, 2.24) is 20.3 Å². The normalized spacial score (nSPS) is 12.4. The molecular formula is C19H16N6O6. The summed E-state index contributed by atoms with van der Waals surface area (Å²) in [5.74, 6) is -2.22. The largest absolute Gasteiger partial charge is 0.482 e. The number of ether oxygens (including phenoxy) is 2. The molecule has 0 saturated carbocycles. The Kier molecular flexibility index (Phi) is 5.18. The number of carbonyl (C=O) groups is 4. The maximum Gasteiger partial charge on any atom is 0.396 e.